The van der Waals surface area contributed by atoms with Crippen molar-refractivity contribution in [3.8, 4) is 0 Å². The summed E-state index contributed by atoms with van der Waals surface area (Å²) < 4.78 is 5.25. The predicted octanol–water partition coefficient (Wildman–Crippen LogP) is 0.901. The SMILES string of the molecule is CCCC(N)C(=O)NCC(OC)C(C)C. The second-order valence-corrected chi connectivity index (χ2v) is 4.16. The van der Waals surface area contributed by atoms with Crippen LogP contribution in [0.3, 0.4) is 0 Å². The van der Waals surface area contributed by atoms with Crippen molar-refractivity contribution in [2.75, 3.05) is 13.7 Å². The lowest BCUT2D eigenvalue weighted by Crippen LogP contribution is -2.44. The molecule has 0 rings (SSSR count). The van der Waals surface area contributed by atoms with Gasteiger partial charge in [-0.2, -0.15) is 0 Å². The summed E-state index contributed by atoms with van der Waals surface area (Å²) in [6.07, 6.45) is 1.71. The molecule has 90 valence electrons. The third-order valence-electron chi connectivity index (χ3n) is 2.46. The van der Waals surface area contributed by atoms with Gasteiger partial charge in [0.2, 0.25) is 5.91 Å². The summed E-state index contributed by atoms with van der Waals surface area (Å²) in [4.78, 5) is 11.5. The monoisotopic (exact) mass is 216 g/mol. The number of rotatable bonds is 7. The molecule has 2 unspecified atom stereocenters. The van der Waals surface area contributed by atoms with Gasteiger partial charge >= 0.3 is 0 Å². The van der Waals surface area contributed by atoms with Gasteiger partial charge in [-0.05, 0) is 12.3 Å². The zero-order chi connectivity index (χ0) is 11.8. The Labute approximate surface area is 92.6 Å². The fourth-order valence-electron chi connectivity index (χ4n) is 1.37. The largest absolute Gasteiger partial charge is 0.379 e. The van der Waals surface area contributed by atoms with Crippen LogP contribution in [0.2, 0.25) is 0 Å². The van der Waals surface area contributed by atoms with Crippen molar-refractivity contribution in [3.63, 3.8) is 0 Å². The fourth-order valence-corrected chi connectivity index (χ4v) is 1.37. The first-order valence-electron chi connectivity index (χ1n) is 5.59. The third-order valence-corrected chi connectivity index (χ3v) is 2.46. The molecule has 0 spiro atoms. The summed E-state index contributed by atoms with van der Waals surface area (Å²) in [5.74, 6) is 0.303. The molecule has 2 atom stereocenters. The zero-order valence-electron chi connectivity index (χ0n) is 10.2. The first-order valence-corrected chi connectivity index (χ1v) is 5.59. The zero-order valence-corrected chi connectivity index (χ0v) is 10.2. The van der Waals surface area contributed by atoms with Gasteiger partial charge in [0.15, 0.2) is 0 Å². The molecular weight excluding hydrogens is 192 g/mol. The third kappa shape index (κ3) is 5.74. The molecule has 4 nitrogen and oxygen atoms in total. The maximum atomic E-state index is 11.5. The minimum atomic E-state index is -0.389. The highest BCUT2D eigenvalue weighted by Gasteiger charge is 2.16. The molecular formula is C11H24N2O2. The van der Waals surface area contributed by atoms with Crippen LogP contribution < -0.4 is 11.1 Å². The average Bonchev–Trinajstić information content (AvgIpc) is 2.18. The van der Waals surface area contributed by atoms with Crippen LogP contribution >= 0.6 is 0 Å². The number of carbonyl (C=O) groups excluding carboxylic acids is 1. The minimum Gasteiger partial charge on any atom is -0.379 e. The molecule has 4 heteroatoms. The minimum absolute atomic E-state index is 0.0581. The van der Waals surface area contributed by atoms with Crippen LogP contribution in [0.5, 0.6) is 0 Å². The first kappa shape index (κ1) is 14.4. The smallest absolute Gasteiger partial charge is 0.237 e. The summed E-state index contributed by atoms with van der Waals surface area (Å²) in [6.45, 7) is 6.67. The van der Waals surface area contributed by atoms with Crippen LogP contribution in [-0.4, -0.2) is 31.7 Å². The van der Waals surface area contributed by atoms with E-state index < -0.39 is 0 Å². The number of nitrogens with two attached hydrogens (primary N) is 1. The second-order valence-electron chi connectivity index (χ2n) is 4.16. The van der Waals surface area contributed by atoms with Crippen LogP contribution in [0, 0.1) is 5.92 Å². The number of nitrogens with one attached hydrogen (secondary N) is 1. The number of hydrogen-bond donors (Lipinski definition) is 2. The molecule has 0 fully saturated rings. The van der Waals surface area contributed by atoms with Gasteiger partial charge in [0.05, 0.1) is 12.1 Å². The Hall–Kier alpha value is -0.610. The summed E-state index contributed by atoms with van der Waals surface area (Å²) in [5.41, 5.74) is 5.68. The Morgan fingerprint density at radius 3 is 2.47 bits per heavy atom. The van der Waals surface area contributed by atoms with Crippen LogP contribution in [0.25, 0.3) is 0 Å². The predicted molar refractivity (Wildman–Crippen MR) is 61.5 cm³/mol. The molecule has 0 aliphatic rings. The molecule has 0 aliphatic heterocycles. The van der Waals surface area contributed by atoms with E-state index in [0.29, 0.717) is 12.5 Å². The van der Waals surface area contributed by atoms with Gasteiger partial charge in [0.25, 0.3) is 0 Å². The highest BCUT2D eigenvalue weighted by Crippen LogP contribution is 2.04. The van der Waals surface area contributed by atoms with E-state index in [4.69, 9.17) is 10.5 Å². The lowest BCUT2D eigenvalue weighted by molar-refractivity contribution is -0.123. The molecule has 0 heterocycles. The molecule has 3 N–H and O–H groups in total. The summed E-state index contributed by atoms with van der Waals surface area (Å²) in [6, 6.07) is -0.389. The topological polar surface area (TPSA) is 64.4 Å². The van der Waals surface area contributed by atoms with E-state index in [0.717, 1.165) is 12.8 Å². The van der Waals surface area contributed by atoms with E-state index >= 15 is 0 Å². The van der Waals surface area contributed by atoms with E-state index in [9.17, 15) is 4.79 Å². The Bertz CT molecular complexity index is 183. The van der Waals surface area contributed by atoms with Crippen molar-refractivity contribution in [3.05, 3.63) is 0 Å². The summed E-state index contributed by atoms with van der Waals surface area (Å²) >= 11 is 0. The van der Waals surface area contributed by atoms with Gasteiger partial charge in [-0.1, -0.05) is 27.2 Å². The molecule has 0 aromatic carbocycles. The normalized spacial score (nSPS) is 15.1. The van der Waals surface area contributed by atoms with Gasteiger partial charge in [-0.25, -0.2) is 0 Å². The summed E-state index contributed by atoms with van der Waals surface area (Å²) in [5, 5.41) is 2.81. The van der Waals surface area contributed by atoms with Crippen molar-refractivity contribution in [2.45, 2.75) is 45.8 Å². The average molecular weight is 216 g/mol. The molecule has 0 radical (unpaired) electrons. The van der Waals surface area contributed by atoms with E-state index in [2.05, 4.69) is 19.2 Å². The molecule has 0 bridgehead atoms. The fraction of sp³-hybridized carbons (Fsp3) is 0.909. The maximum absolute atomic E-state index is 11.5. The lowest BCUT2D eigenvalue weighted by atomic mass is 10.1. The van der Waals surface area contributed by atoms with Gasteiger partial charge in [-0.15, -0.1) is 0 Å². The molecule has 0 saturated heterocycles. The first-order chi connectivity index (χ1) is 7.02. The Morgan fingerprint density at radius 1 is 1.47 bits per heavy atom. The van der Waals surface area contributed by atoms with Gasteiger partial charge in [0, 0.05) is 13.7 Å². The van der Waals surface area contributed by atoms with Crippen molar-refractivity contribution in [1.29, 1.82) is 0 Å². The highest BCUT2D eigenvalue weighted by molar-refractivity contribution is 5.81. The Morgan fingerprint density at radius 2 is 2.07 bits per heavy atom. The maximum Gasteiger partial charge on any atom is 0.237 e. The van der Waals surface area contributed by atoms with Crippen LogP contribution in [0.1, 0.15) is 33.6 Å². The van der Waals surface area contributed by atoms with Crippen molar-refractivity contribution >= 4 is 5.91 Å². The number of carbonyl (C=O) groups is 1. The van der Waals surface area contributed by atoms with Crippen LogP contribution in [-0.2, 0) is 9.53 Å². The number of ether oxygens (including phenoxy) is 1. The molecule has 0 aliphatic carbocycles. The van der Waals surface area contributed by atoms with Crippen molar-refractivity contribution in [2.24, 2.45) is 11.7 Å². The molecule has 0 saturated carbocycles. The van der Waals surface area contributed by atoms with Crippen molar-refractivity contribution in [1.82, 2.24) is 5.32 Å². The number of methoxy groups -OCH3 is 1. The highest BCUT2D eigenvalue weighted by atomic mass is 16.5. The van der Waals surface area contributed by atoms with Gasteiger partial charge in [0.1, 0.15) is 0 Å². The van der Waals surface area contributed by atoms with E-state index in [1.165, 1.54) is 0 Å². The molecule has 0 aromatic heterocycles. The molecule has 1 amide bonds. The summed E-state index contributed by atoms with van der Waals surface area (Å²) in [7, 11) is 1.66. The standard InChI is InChI=1S/C11H24N2O2/c1-5-6-9(12)11(14)13-7-10(15-4)8(2)3/h8-10H,5-7,12H2,1-4H3,(H,13,14). The van der Waals surface area contributed by atoms with E-state index in [-0.39, 0.29) is 18.1 Å². The van der Waals surface area contributed by atoms with Crippen LogP contribution in [0.15, 0.2) is 0 Å². The second kappa shape index (κ2) is 7.65. The van der Waals surface area contributed by atoms with Crippen molar-refractivity contribution < 1.29 is 9.53 Å². The van der Waals surface area contributed by atoms with Gasteiger partial charge in [-0.3, -0.25) is 4.79 Å². The van der Waals surface area contributed by atoms with E-state index in [1.54, 1.807) is 7.11 Å². The lowest BCUT2D eigenvalue weighted by Gasteiger charge is -2.20. The van der Waals surface area contributed by atoms with Crippen LogP contribution in [0.4, 0.5) is 0 Å². The Balaban J connectivity index is 3.87. The Kier molecular flexibility index (Phi) is 7.34. The van der Waals surface area contributed by atoms with E-state index in [1.807, 2.05) is 6.92 Å². The number of amides is 1. The molecule has 15 heavy (non-hydrogen) atoms. The molecule has 0 aromatic rings. The quantitative estimate of drug-likeness (QED) is 0.664. The number of hydrogen-bond acceptors (Lipinski definition) is 3. The van der Waals surface area contributed by atoms with Gasteiger partial charge < -0.3 is 15.8 Å².